The van der Waals surface area contributed by atoms with Crippen molar-refractivity contribution in [2.45, 2.75) is 39.5 Å². The number of rotatable bonds is 3. The molecule has 74 valence electrons. The Balaban J connectivity index is 1.87. The van der Waals surface area contributed by atoms with Gasteiger partial charge in [-0.2, -0.15) is 0 Å². The first-order valence-electron chi connectivity index (χ1n) is 5.45. The van der Waals surface area contributed by atoms with E-state index >= 15 is 0 Å². The highest BCUT2D eigenvalue weighted by Crippen LogP contribution is 2.64. The third-order valence-corrected chi connectivity index (χ3v) is 4.09. The van der Waals surface area contributed by atoms with Crippen LogP contribution in [0.2, 0.25) is 0 Å². The lowest BCUT2D eigenvalue weighted by Crippen LogP contribution is -1.96. The van der Waals surface area contributed by atoms with E-state index in [1.54, 1.807) is 5.57 Å². The molecule has 0 bridgehead atoms. The van der Waals surface area contributed by atoms with Crippen molar-refractivity contribution in [1.29, 1.82) is 0 Å². The second-order valence-corrected chi connectivity index (χ2v) is 5.16. The third-order valence-electron chi connectivity index (χ3n) is 4.09. The van der Waals surface area contributed by atoms with Crippen molar-refractivity contribution in [2.75, 3.05) is 6.61 Å². The van der Waals surface area contributed by atoms with Gasteiger partial charge in [0.1, 0.15) is 0 Å². The number of hydrogen-bond donors (Lipinski definition) is 1. The van der Waals surface area contributed by atoms with Gasteiger partial charge in [0.15, 0.2) is 0 Å². The van der Waals surface area contributed by atoms with Crippen LogP contribution in [-0.4, -0.2) is 11.7 Å². The standard InChI is InChI=1S/C12H20O/c1-12(2)10-6-5-9(4-3-7-13)8-11(10)12/h5,10-11,13H,3-4,6-8H2,1-2H3/t10-,11+/m1/s1. The van der Waals surface area contributed by atoms with Gasteiger partial charge in [0.05, 0.1) is 0 Å². The average Bonchev–Trinajstić information content (AvgIpc) is 2.66. The fourth-order valence-corrected chi connectivity index (χ4v) is 2.90. The molecule has 13 heavy (non-hydrogen) atoms. The summed E-state index contributed by atoms with van der Waals surface area (Å²) in [6, 6.07) is 0. The molecule has 2 rings (SSSR count). The maximum atomic E-state index is 8.75. The maximum Gasteiger partial charge on any atom is 0.0434 e. The molecular formula is C12H20O. The first-order valence-corrected chi connectivity index (χ1v) is 5.45. The Bertz CT molecular complexity index is 227. The quantitative estimate of drug-likeness (QED) is 0.662. The number of aliphatic hydroxyl groups excluding tert-OH is 1. The minimum atomic E-state index is 0.342. The van der Waals surface area contributed by atoms with Crippen LogP contribution in [0.15, 0.2) is 11.6 Å². The van der Waals surface area contributed by atoms with Crippen LogP contribution >= 0.6 is 0 Å². The molecule has 0 spiro atoms. The van der Waals surface area contributed by atoms with E-state index in [0.29, 0.717) is 12.0 Å². The average molecular weight is 180 g/mol. The third kappa shape index (κ3) is 1.54. The lowest BCUT2D eigenvalue weighted by atomic mass is 9.96. The van der Waals surface area contributed by atoms with Crippen LogP contribution in [0, 0.1) is 17.3 Å². The molecule has 1 nitrogen and oxygen atoms in total. The van der Waals surface area contributed by atoms with E-state index in [2.05, 4.69) is 19.9 Å². The highest BCUT2D eigenvalue weighted by molar-refractivity contribution is 5.20. The van der Waals surface area contributed by atoms with E-state index in [9.17, 15) is 0 Å². The zero-order valence-corrected chi connectivity index (χ0v) is 8.71. The molecule has 1 N–H and O–H groups in total. The van der Waals surface area contributed by atoms with E-state index in [-0.39, 0.29) is 0 Å². The zero-order valence-electron chi connectivity index (χ0n) is 8.71. The topological polar surface area (TPSA) is 20.2 Å². The van der Waals surface area contributed by atoms with Crippen LogP contribution in [0.25, 0.3) is 0 Å². The highest BCUT2D eigenvalue weighted by atomic mass is 16.2. The fraction of sp³-hybridized carbons (Fsp3) is 0.833. The molecule has 0 saturated heterocycles. The molecule has 0 unspecified atom stereocenters. The van der Waals surface area contributed by atoms with Crippen molar-refractivity contribution in [3.05, 3.63) is 11.6 Å². The van der Waals surface area contributed by atoms with Gasteiger partial charge in [-0.15, -0.1) is 0 Å². The maximum absolute atomic E-state index is 8.75. The molecule has 2 atom stereocenters. The fourth-order valence-electron chi connectivity index (χ4n) is 2.90. The molecule has 0 heterocycles. The molecule has 0 radical (unpaired) electrons. The van der Waals surface area contributed by atoms with Gasteiger partial charge in [-0.1, -0.05) is 25.5 Å². The lowest BCUT2D eigenvalue weighted by Gasteiger charge is -2.10. The van der Waals surface area contributed by atoms with Crippen LogP contribution in [0.5, 0.6) is 0 Å². The predicted molar refractivity (Wildman–Crippen MR) is 54.4 cm³/mol. The van der Waals surface area contributed by atoms with Crippen LogP contribution in [0.1, 0.15) is 39.5 Å². The summed E-state index contributed by atoms with van der Waals surface area (Å²) in [6.45, 7) is 5.13. The molecule has 0 amide bonds. The van der Waals surface area contributed by atoms with Crippen LogP contribution in [0.3, 0.4) is 0 Å². The van der Waals surface area contributed by atoms with Gasteiger partial charge in [-0.25, -0.2) is 0 Å². The van der Waals surface area contributed by atoms with Gasteiger partial charge < -0.3 is 5.11 Å². The van der Waals surface area contributed by atoms with Gasteiger partial charge in [0, 0.05) is 6.61 Å². The van der Waals surface area contributed by atoms with Crippen molar-refractivity contribution in [3.8, 4) is 0 Å². The van der Waals surface area contributed by atoms with E-state index in [1.807, 2.05) is 0 Å². The Morgan fingerprint density at radius 1 is 1.46 bits per heavy atom. The smallest absolute Gasteiger partial charge is 0.0434 e. The van der Waals surface area contributed by atoms with Crippen molar-refractivity contribution in [3.63, 3.8) is 0 Å². The summed E-state index contributed by atoms with van der Waals surface area (Å²) in [5.74, 6) is 1.91. The summed E-state index contributed by atoms with van der Waals surface area (Å²) in [5, 5.41) is 8.75. The molecule has 2 aliphatic carbocycles. The van der Waals surface area contributed by atoms with E-state index in [0.717, 1.165) is 24.7 Å². The summed E-state index contributed by atoms with van der Waals surface area (Å²) >= 11 is 0. The summed E-state index contributed by atoms with van der Waals surface area (Å²) < 4.78 is 0. The Labute approximate surface area is 80.8 Å². The second kappa shape index (κ2) is 3.13. The molecule has 2 aliphatic rings. The van der Waals surface area contributed by atoms with E-state index in [4.69, 9.17) is 5.11 Å². The van der Waals surface area contributed by atoms with E-state index < -0.39 is 0 Å². The largest absolute Gasteiger partial charge is 0.396 e. The molecule has 0 aromatic rings. The molecule has 1 saturated carbocycles. The number of hydrogen-bond acceptors (Lipinski definition) is 1. The van der Waals surface area contributed by atoms with Crippen molar-refractivity contribution >= 4 is 0 Å². The SMILES string of the molecule is CC1(C)[C@@H]2CC=C(CCCO)C[C@@H]21. The minimum Gasteiger partial charge on any atom is -0.396 e. The summed E-state index contributed by atoms with van der Waals surface area (Å²) in [7, 11) is 0. The number of aliphatic hydroxyl groups is 1. The summed E-state index contributed by atoms with van der Waals surface area (Å²) in [5.41, 5.74) is 2.21. The monoisotopic (exact) mass is 180 g/mol. The Kier molecular flexibility index (Phi) is 2.23. The van der Waals surface area contributed by atoms with Gasteiger partial charge >= 0.3 is 0 Å². The zero-order chi connectivity index (χ0) is 9.47. The first-order chi connectivity index (χ1) is 6.16. The Hall–Kier alpha value is -0.300. The van der Waals surface area contributed by atoms with Gasteiger partial charge in [0.25, 0.3) is 0 Å². The Morgan fingerprint density at radius 3 is 2.85 bits per heavy atom. The van der Waals surface area contributed by atoms with Crippen molar-refractivity contribution in [2.24, 2.45) is 17.3 Å². The molecule has 1 heteroatoms. The van der Waals surface area contributed by atoms with Gasteiger partial charge in [0.2, 0.25) is 0 Å². The second-order valence-electron chi connectivity index (χ2n) is 5.16. The normalized spacial score (nSPS) is 35.2. The molecule has 0 aromatic heterocycles. The van der Waals surface area contributed by atoms with Crippen LogP contribution in [-0.2, 0) is 0 Å². The highest BCUT2D eigenvalue weighted by Gasteiger charge is 2.57. The lowest BCUT2D eigenvalue weighted by molar-refractivity contribution is 0.287. The number of fused-ring (bicyclic) bond motifs is 1. The van der Waals surface area contributed by atoms with E-state index in [1.165, 1.54) is 12.8 Å². The molecule has 0 aliphatic heterocycles. The summed E-state index contributed by atoms with van der Waals surface area (Å²) in [6.07, 6.45) is 7.08. The van der Waals surface area contributed by atoms with Crippen molar-refractivity contribution in [1.82, 2.24) is 0 Å². The summed E-state index contributed by atoms with van der Waals surface area (Å²) in [4.78, 5) is 0. The van der Waals surface area contributed by atoms with Crippen LogP contribution in [0.4, 0.5) is 0 Å². The van der Waals surface area contributed by atoms with Gasteiger partial charge in [-0.3, -0.25) is 0 Å². The van der Waals surface area contributed by atoms with Gasteiger partial charge in [-0.05, 0) is 42.9 Å². The molecule has 1 fully saturated rings. The minimum absolute atomic E-state index is 0.342. The Morgan fingerprint density at radius 2 is 2.23 bits per heavy atom. The predicted octanol–water partition coefficient (Wildman–Crippen LogP) is 2.75. The first kappa shape index (κ1) is 9.26. The van der Waals surface area contributed by atoms with Crippen molar-refractivity contribution < 1.29 is 5.11 Å². The number of allylic oxidation sites excluding steroid dienone is 2. The molecular weight excluding hydrogens is 160 g/mol. The van der Waals surface area contributed by atoms with Crippen LogP contribution < -0.4 is 0 Å². The molecule has 0 aromatic carbocycles.